The monoisotopic (exact) mass is 281 g/mol. The molecule has 4 nitrogen and oxygen atoms in total. The SMILES string of the molecule is CC(=O)CC[C@@H]1Cc2ccccc2N(S(C)(=O)=O)C1. The summed E-state index contributed by atoms with van der Waals surface area (Å²) in [6, 6.07) is 7.59. The lowest BCUT2D eigenvalue weighted by Crippen LogP contribution is -2.39. The van der Waals surface area contributed by atoms with Crippen LogP contribution in [0.15, 0.2) is 24.3 Å². The van der Waals surface area contributed by atoms with Crippen molar-refractivity contribution in [2.75, 3.05) is 17.1 Å². The number of fused-ring (bicyclic) bond motifs is 1. The second-order valence-electron chi connectivity index (χ2n) is 5.23. The molecule has 1 aliphatic heterocycles. The van der Waals surface area contributed by atoms with Gasteiger partial charge in [-0.1, -0.05) is 18.2 Å². The molecule has 0 saturated heterocycles. The van der Waals surface area contributed by atoms with Crippen molar-refractivity contribution in [3.8, 4) is 0 Å². The molecule has 1 aliphatic rings. The number of ketones is 1. The average molecular weight is 281 g/mol. The van der Waals surface area contributed by atoms with Gasteiger partial charge in [0.1, 0.15) is 5.78 Å². The second kappa shape index (κ2) is 5.33. The number of para-hydroxylation sites is 1. The predicted molar refractivity (Wildman–Crippen MR) is 75.7 cm³/mol. The molecule has 5 heteroatoms. The molecule has 1 atom stereocenters. The lowest BCUT2D eigenvalue weighted by Gasteiger charge is -2.34. The smallest absolute Gasteiger partial charge is 0.232 e. The first-order chi connectivity index (χ1) is 8.88. The van der Waals surface area contributed by atoms with Gasteiger partial charge in [-0.15, -0.1) is 0 Å². The van der Waals surface area contributed by atoms with Crippen molar-refractivity contribution in [3.63, 3.8) is 0 Å². The summed E-state index contributed by atoms with van der Waals surface area (Å²) in [6.07, 6.45) is 3.34. The van der Waals surface area contributed by atoms with Gasteiger partial charge in [-0.25, -0.2) is 8.42 Å². The first-order valence-electron chi connectivity index (χ1n) is 6.43. The van der Waals surface area contributed by atoms with Gasteiger partial charge in [0.25, 0.3) is 0 Å². The maximum Gasteiger partial charge on any atom is 0.232 e. The highest BCUT2D eigenvalue weighted by molar-refractivity contribution is 7.92. The fraction of sp³-hybridized carbons (Fsp3) is 0.500. The van der Waals surface area contributed by atoms with Crippen molar-refractivity contribution in [1.29, 1.82) is 0 Å². The largest absolute Gasteiger partial charge is 0.300 e. The number of sulfonamides is 1. The number of hydrogen-bond donors (Lipinski definition) is 0. The maximum absolute atomic E-state index is 11.9. The fourth-order valence-electron chi connectivity index (χ4n) is 2.55. The summed E-state index contributed by atoms with van der Waals surface area (Å²) in [6.45, 7) is 2.05. The van der Waals surface area contributed by atoms with Crippen molar-refractivity contribution in [2.45, 2.75) is 26.2 Å². The van der Waals surface area contributed by atoms with Crippen LogP contribution in [0, 0.1) is 5.92 Å². The van der Waals surface area contributed by atoms with Crippen LogP contribution in [0.5, 0.6) is 0 Å². The van der Waals surface area contributed by atoms with Crippen LogP contribution in [0.3, 0.4) is 0 Å². The molecule has 0 radical (unpaired) electrons. The third-order valence-corrected chi connectivity index (χ3v) is 4.64. The fourth-order valence-corrected chi connectivity index (χ4v) is 3.57. The number of anilines is 1. The number of hydrogen-bond acceptors (Lipinski definition) is 3. The highest BCUT2D eigenvalue weighted by Crippen LogP contribution is 2.32. The third-order valence-electron chi connectivity index (χ3n) is 3.50. The van der Waals surface area contributed by atoms with Crippen LogP contribution in [-0.4, -0.2) is 27.0 Å². The van der Waals surface area contributed by atoms with Crippen LogP contribution in [0.2, 0.25) is 0 Å². The minimum Gasteiger partial charge on any atom is -0.300 e. The Morgan fingerprint density at radius 2 is 2.05 bits per heavy atom. The summed E-state index contributed by atoms with van der Waals surface area (Å²) >= 11 is 0. The van der Waals surface area contributed by atoms with Crippen molar-refractivity contribution < 1.29 is 13.2 Å². The summed E-state index contributed by atoms with van der Waals surface area (Å²) < 4.78 is 25.3. The number of benzene rings is 1. The van der Waals surface area contributed by atoms with Crippen LogP contribution in [-0.2, 0) is 21.2 Å². The zero-order valence-corrected chi connectivity index (χ0v) is 12.1. The van der Waals surface area contributed by atoms with Gasteiger partial charge in [-0.05, 0) is 37.3 Å². The molecule has 104 valence electrons. The number of carbonyl (C=O) groups excluding carboxylic acids is 1. The third kappa shape index (κ3) is 3.35. The first-order valence-corrected chi connectivity index (χ1v) is 8.28. The summed E-state index contributed by atoms with van der Waals surface area (Å²) in [4.78, 5) is 11.1. The van der Waals surface area contributed by atoms with Gasteiger partial charge in [0.15, 0.2) is 0 Å². The summed E-state index contributed by atoms with van der Waals surface area (Å²) in [5.74, 6) is 0.373. The van der Waals surface area contributed by atoms with E-state index in [1.807, 2.05) is 24.3 Å². The molecule has 0 spiro atoms. The first kappa shape index (κ1) is 14.1. The predicted octanol–water partition coefficient (Wildman–Crippen LogP) is 1.99. The standard InChI is InChI=1S/C14H19NO3S/c1-11(16)7-8-12-9-13-5-3-4-6-14(13)15(10-12)19(2,17)18/h3-6,12H,7-10H2,1-2H3/t12-/m1/s1. The molecule has 2 rings (SSSR count). The van der Waals surface area contributed by atoms with Crippen molar-refractivity contribution in [1.82, 2.24) is 0 Å². The van der Waals surface area contributed by atoms with Gasteiger partial charge in [0, 0.05) is 13.0 Å². The molecule has 0 unspecified atom stereocenters. The zero-order valence-electron chi connectivity index (χ0n) is 11.3. The molecule has 0 aromatic heterocycles. The lowest BCUT2D eigenvalue weighted by atomic mass is 9.90. The molecule has 1 aromatic carbocycles. The Labute approximate surface area is 114 Å². The van der Waals surface area contributed by atoms with E-state index in [0.29, 0.717) is 13.0 Å². The molecule has 0 bridgehead atoms. The van der Waals surface area contributed by atoms with Gasteiger partial charge >= 0.3 is 0 Å². The van der Waals surface area contributed by atoms with Gasteiger partial charge < -0.3 is 4.79 Å². The van der Waals surface area contributed by atoms with E-state index in [1.165, 1.54) is 10.6 Å². The minimum atomic E-state index is -3.26. The zero-order chi connectivity index (χ0) is 14.0. The Balaban J connectivity index is 2.27. The topological polar surface area (TPSA) is 54.5 Å². The summed E-state index contributed by atoms with van der Waals surface area (Å²) in [5.41, 5.74) is 1.83. The second-order valence-corrected chi connectivity index (χ2v) is 7.14. The molecular formula is C14H19NO3S. The molecule has 1 aromatic rings. The molecule has 0 aliphatic carbocycles. The van der Waals surface area contributed by atoms with Crippen molar-refractivity contribution >= 4 is 21.5 Å². The van der Waals surface area contributed by atoms with Crippen molar-refractivity contribution in [3.05, 3.63) is 29.8 Å². The van der Waals surface area contributed by atoms with Crippen molar-refractivity contribution in [2.24, 2.45) is 5.92 Å². The highest BCUT2D eigenvalue weighted by atomic mass is 32.2. The van der Waals surface area contributed by atoms with E-state index in [4.69, 9.17) is 0 Å². The normalized spacial score (nSPS) is 19.1. The number of Topliss-reactive ketones (excluding diaryl/α,β-unsaturated/α-hetero) is 1. The average Bonchev–Trinajstić information content (AvgIpc) is 2.34. The summed E-state index contributed by atoms with van der Waals surface area (Å²) in [5, 5.41) is 0. The lowest BCUT2D eigenvalue weighted by molar-refractivity contribution is -0.117. The Kier molecular flexibility index (Phi) is 3.94. The molecule has 0 amide bonds. The van der Waals surface area contributed by atoms with Gasteiger partial charge in [-0.3, -0.25) is 4.31 Å². The summed E-state index contributed by atoms with van der Waals surface area (Å²) in [7, 11) is -3.26. The Morgan fingerprint density at radius 3 is 2.68 bits per heavy atom. The van der Waals surface area contributed by atoms with E-state index in [-0.39, 0.29) is 11.7 Å². The van der Waals surface area contributed by atoms with E-state index >= 15 is 0 Å². The van der Waals surface area contributed by atoms with Crippen LogP contribution in [0.25, 0.3) is 0 Å². The van der Waals surface area contributed by atoms with Gasteiger partial charge in [0.2, 0.25) is 10.0 Å². The van der Waals surface area contributed by atoms with Crippen LogP contribution in [0.4, 0.5) is 5.69 Å². The van der Waals surface area contributed by atoms with E-state index in [1.54, 1.807) is 6.92 Å². The molecule has 19 heavy (non-hydrogen) atoms. The van der Waals surface area contributed by atoms with E-state index in [2.05, 4.69) is 0 Å². The van der Waals surface area contributed by atoms with Gasteiger partial charge in [-0.2, -0.15) is 0 Å². The Hall–Kier alpha value is -1.36. The van der Waals surface area contributed by atoms with E-state index in [9.17, 15) is 13.2 Å². The van der Waals surface area contributed by atoms with Crippen LogP contribution < -0.4 is 4.31 Å². The Morgan fingerprint density at radius 1 is 1.37 bits per heavy atom. The number of rotatable bonds is 4. The Bertz CT molecular complexity index is 580. The molecular weight excluding hydrogens is 262 g/mol. The maximum atomic E-state index is 11.9. The number of carbonyl (C=O) groups is 1. The van der Waals surface area contributed by atoms with Gasteiger partial charge in [0.05, 0.1) is 11.9 Å². The molecule has 1 heterocycles. The van der Waals surface area contributed by atoms with E-state index in [0.717, 1.165) is 24.1 Å². The van der Waals surface area contributed by atoms with E-state index < -0.39 is 10.0 Å². The highest BCUT2D eigenvalue weighted by Gasteiger charge is 2.29. The number of nitrogens with zero attached hydrogens (tertiary/aromatic N) is 1. The van der Waals surface area contributed by atoms with Crippen LogP contribution >= 0.6 is 0 Å². The minimum absolute atomic E-state index is 0.157. The molecule has 0 saturated carbocycles. The molecule has 0 fully saturated rings. The quantitative estimate of drug-likeness (QED) is 0.848. The molecule has 0 N–H and O–H groups in total. The van der Waals surface area contributed by atoms with Crippen LogP contribution in [0.1, 0.15) is 25.3 Å².